The maximum absolute atomic E-state index is 13.1. The summed E-state index contributed by atoms with van der Waals surface area (Å²) in [5.74, 6) is 0.644. The van der Waals surface area contributed by atoms with E-state index in [0.29, 0.717) is 23.7 Å². The van der Waals surface area contributed by atoms with Crippen LogP contribution >= 0.6 is 0 Å². The van der Waals surface area contributed by atoms with Gasteiger partial charge in [0.2, 0.25) is 0 Å². The first-order valence-corrected chi connectivity index (χ1v) is 8.41. The Labute approximate surface area is 147 Å². The number of ether oxygens (including phenoxy) is 1. The topological polar surface area (TPSA) is 53.6 Å². The van der Waals surface area contributed by atoms with Crippen LogP contribution in [-0.4, -0.2) is 37.1 Å². The van der Waals surface area contributed by atoms with Gasteiger partial charge in [0.15, 0.2) is 0 Å². The van der Waals surface area contributed by atoms with Gasteiger partial charge in [0.25, 0.3) is 0 Å². The summed E-state index contributed by atoms with van der Waals surface area (Å²) in [4.78, 5) is 14.1. The maximum atomic E-state index is 13.1. The minimum atomic E-state index is -0.350. The van der Waals surface area contributed by atoms with E-state index in [4.69, 9.17) is 4.74 Å². The van der Waals surface area contributed by atoms with E-state index < -0.39 is 0 Å². The van der Waals surface area contributed by atoms with Crippen molar-refractivity contribution in [2.75, 3.05) is 31.5 Å². The molecule has 0 unspecified atom stereocenters. The molecule has 0 saturated heterocycles. The van der Waals surface area contributed by atoms with E-state index in [1.807, 2.05) is 0 Å². The molecule has 0 aromatic heterocycles. The highest BCUT2D eigenvalue weighted by molar-refractivity contribution is 5.89. The minimum Gasteiger partial charge on any atom is -0.457 e. The number of hydrogen-bond donors (Lipinski definition) is 2. The largest absolute Gasteiger partial charge is 0.457 e. The fraction of sp³-hybridized carbons (Fsp3) is 0.316. The number of nitrogens with one attached hydrogen (secondary N) is 2. The summed E-state index contributed by atoms with van der Waals surface area (Å²) in [6, 6.07) is 12.6. The predicted molar refractivity (Wildman–Crippen MR) is 97.7 cm³/mol. The molecule has 0 saturated carbocycles. The number of halogens is 1. The van der Waals surface area contributed by atoms with Crippen molar-refractivity contribution in [3.63, 3.8) is 0 Å². The first-order valence-electron chi connectivity index (χ1n) is 8.41. The molecular formula is C19H24FN3O2. The SMILES string of the molecule is CCN(CC)CCNC(=O)Nc1ccc(Oc2cccc(F)c2)cc1. The summed E-state index contributed by atoms with van der Waals surface area (Å²) < 4.78 is 18.7. The van der Waals surface area contributed by atoms with Gasteiger partial charge in [0.1, 0.15) is 17.3 Å². The van der Waals surface area contributed by atoms with Crippen LogP contribution in [0.3, 0.4) is 0 Å². The molecule has 2 rings (SSSR count). The van der Waals surface area contributed by atoms with Crippen LogP contribution in [0.15, 0.2) is 48.5 Å². The molecule has 6 heteroatoms. The number of carbonyl (C=O) groups excluding carboxylic acids is 1. The smallest absolute Gasteiger partial charge is 0.319 e. The molecule has 0 bridgehead atoms. The number of rotatable bonds is 8. The highest BCUT2D eigenvalue weighted by Gasteiger charge is 2.04. The van der Waals surface area contributed by atoms with Crippen molar-refractivity contribution in [1.29, 1.82) is 0 Å². The minimum absolute atomic E-state index is 0.244. The molecule has 2 aromatic rings. The Morgan fingerprint density at radius 2 is 1.80 bits per heavy atom. The number of hydrogen-bond acceptors (Lipinski definition) is 3. The molecule has 2 aromatic carbocycles. The molecule has 0 aliphatic rings. The lowest BCUT2D eigenvalue weighted by molar-refractivity contribution is 0.248. The Morgan fingerprint density at radius 1 is 1.08 bits per heavy atom. The lowest BCUT2D eigenvalue weighted by Crippen LogP contribution is -2.36. The van der Waals surface area contributed by atoms with E-state index in [1.165, 1.54) is 12.1 Å². The van der Waals surface area contributed by atoms with E-state index in [2.05, 4.69) is 29.4 Å². The van der Waals surface area contributed by atoms with Gasteiger partial charge in [-0.1, -0.05) is 19.9 Å². The summed E-state index contributed by atoms with van der Waals surface area (Å²) in [7, 11) is 0. The quantitative estimate of drug-likeness (QED) is 0.758. The van der Waals surface area contributed by atoms with Gasteiger partial charge in [0.05, 0.1) is 0 Å². The molecule has 0 heterocycles. The summed E-state index contributed by atoms with van der Waals surface area (Å²) in [5.41, 5.74) is 0.659. The normalized spacial score (nSPS) is 10.6. The lowest BCUT2D eigenvalue weighted by Gasteiger charge is -2.18. The summed E-state index contributed by atoms with van der Waals surface area (Å²) in [6.07, 6.45) is 0. The maximum Gasteiger partial charge on any atom is 0.319 e. The van der Waals surface area contributed by atoms with Gasteiger partial charge in [0, 0.05) is 24.8 Å². The number of likely N-dealkylation sites (N-methyl/N-ethyl adjacent to an activating group) is 1. The molecule has 2 amide bonds. The van der Waals surface area contributed by atoms with E-state index in [-0.39, 0.29) is 11.8 Å². The van der Waals surface area contributed by atoms with Crippen molar-refractivity contribution in [3.8, 4) is 11.5 Å². The van der Waals surface area contributed by atoms with Gasteiger partial charge in [-0.15, -0.1) is 0 Å². The van der Waals surface area contributed by atoms with Crippen LogP contribution in [0.5, 0.6) is 11.5 Å². The fourth-order valence-electron chi connectivity index (χ4n) is 2.32. The first-order chi connectivity index (χ1) is 12.1. The molecule has 0 aliphatic heterocycles. The van der Waals surface area contributed by atoms with Crippen LogP contribution in [0.1, 0.15) is 13.8 Å². The second-order valence-corrected chi connectivity index (χ2v) is 5.49. The van der Waals surface area contributed by atoms with Crippen molar-refractivity contribution in [2.45, 2.75) is 13.8 Å². The van der Waals surface area contributed by atoms with Crippen LogP contribution in [0.25, 0.3) is 0 Å². The zero-order valence-electron chi connectivity index (χ0n) is 14.6. The summed E-state index contributed by atoms with van der Waals surface area (Å²) in [6.45, 7) is 7.53. The number of anilines is 1. The third kappa shape index (κ3) is 6.43. The van der Waals surface area contributed by atoms with Crippen molar-refractivity contribution >= 4 is 11.7 Å². The van der Waals surface area contributed by atoms with Gasteiger partial charge < -0.3 is 20.3 Å². The second kappa shape index (κ2) is 9.64. The molecular weight excluding hydrogens is 321 g/mol. The molecule has 134 valence electrons. The van der Waals surface area contributed by atoms with Crippen LogP contribution < -0.4 is 15.4 Å². The third-order valence-electron chi connectivity index (χ3n) is 3.75. The van der Waals surface area contributed by atoms with Gasteiger partial charge in [-0.2, -0.15) is 0 Å². The Kier molecular flexibility index (Phi) is 7.22. The molecule has 0 atom stereocenters. The average molecular weight is 345 g/mol. The number of benzene rings is 2. The van der Waals surface area contributed by atoms with Crippen LogP contribution in [0.4, 0.5) is 14.9 Å². The van der Waals surface area contributed by atoms with Crippen molar-refractivity contribution in [2.24, 2.45) is 0 Å². The molecule has 2 N–H and O–H groups in total. The van der Waals surface area contributed by atoms with E-state index in [0.717, 1.165) is 19.6 Å². The Hall–Kier alpha value is -2.60. The molecule has 0 radical (unpaired) electrons. The Balaban J connectivity index is 1.80. The zero-order valence-corrected chi connectivity index (χ0v) is 14.6. The third-order valence-corrected chi connectivity index (χ3v) is 3.75. The Bertz CT molecular complexity index is 673. The van der Waals surface area contributed by atoms with Crippen molar-refractivity contribution in [3.05, 3.63) is 54.3 Å². The van der Waals surface area contributed by atoms with Gasteiger partial charge in [-0.05, 0) is 49.5 Å². The summed E-state index contributed by atoms with van der Waals surface area (Å²) >= 11 is 0. The highest BCUT2D eigenvalue weighted by atomic mass is 19.1. The van der Waals surface area contributed by atoms with Gasteiger partial charge in [-0.3, -0.25) is 0 Å². The van der Waals surface area contributed by atoms with Gasteiger partial charge >= 0.3 is 6.03 Å². The highest BCUT2D eigenvalue weighted by Crippen LogP contribution is 2.23. The number of urea groups is 1. The van der Waals surface area contributed by atoms with E-state index in [9.17, 15) is 9.18 Å². The Morgan fingerprint density at radius 3 is 2.44 bits per heavy atom. The predicted octanol–water partition coefficient (Wildman–Crippen LogP) is 4.08. The van der Waals surface area contributed by atoms with Gasteiger partial charge in [-0.25, -0.2) is 9.18 Å². The first kappa shape index (κ1) is 18.7. The molecule has 5 nitrogen and oxygen atoms in total. The molecule has 0 fully saturated rings. The van der Waals surface area contributed by atoms with E-state index in [1.54, 1.807) is 36.4 Å². The van der Waals surface area contributed by atoms with Crippen LogP contribution in [0, 0.1) is 5.82 Å². The molecule has 0 spiro atoms. The standard InChI is InChI=1S/C19H24FN3O2/c1-3-23(4-2)13-12-21-19(24)22-16-8-10-17(11-9-16)25-18-7-5-6-15(20)14-18/h5-11,14H,3-4,12-13H2,1-2H3,(H2,21,22,24). The van der Waals surface area contributed by atoms with Crippen LogP contribution in [0.2, 0.25) is 0 Å². The monoisotopic (exact) mass is 345 g/mol. The molecule has 0 aliphatic carbocycles. The zero-order chi connectivity index (χ0) is 18.1. The lowest BCUT2D eigenvalue weighted by atomic mass is 10.3. The fourth-order valence-corrected chi connectivity index (χ4v) is 2.32. The van der Waals surface area contributed by atoms with Crippen LogP contribution in [-0.2, 0) is 0 Å². The number of nitrogens with zero attached hydrogens (tertiary/aromatic N) is 1. The average Bonchev–Trinajstić information content (AvgIpc) is 2.60. The number of amides is 2. The second-order valence-electron chi connectivity index (χ2n) is 5.49. The molecule has 25 heavy (non-hydrogen) atoms. The summed E-state index contributed by atoms with van der Waals surface area (Å²) in [5, 5.41) is 5.59. The van der Waals surface area contributed by atoms with Crippen molar-refractivity contribution in [1.82, 2.24) is 10.2 Å². The van der Waals surface area contributed by atoms with Crippen molar-refractivity contribution < 1.29 is 13.9 Å². The van der Waals surface area contributed by atoms with E-state index >= 15 is 0 Å². The number of carbonyl (C=O) groups is 1.